The molecular formula is C11H12ClFN4S. The summed E-state index contributed by atoms with van der Waals surface area (Å²) < 4.78 is 14.2. The van der Waals surface area contributed by atoms with Gasteiger partial charge in [-0.15, -0.1) is 11.3 Å². The molecule has 0 saturated carbocycles. The number of rotatable bonds is 5. The fourth-order valence-electron chi connectivity index (χ4n) is 1.40. The Kier molecular flexibility index (Phi) is 4.33. The molecule has 4 nitrogen and oxygen atoms in total. The van der Waals surface area contributed by atoms with E-state index < -0.39 is 5.82 Å². The van der Waals surface area contributed by atoms with E-state index in [2.05, 4.69) is 20.6 Å². The van der Waals surface area contributed by atoms with Crippen LogP contribution in [0.3, 0.4) is 0 Å². The van der Waals surface area contributed by atoms with E-state index in [1.165, 1.54) is 11.3 Å². The quantitative estimate of drug-likeness (QED) is 0.887. The summed E-state index contributed by atoms with van der Waals surface area (Å²) in [6, 6.07) is 3.82. The number of nitrogens with zero attached hydrogens (tertiary/aromatic N) is 2. The van der Waals surface area contributed by atoms with Gasteiger partial charge in [-0.3, -0.25) is 0 Å². The van der Waals surface area contributed by atoms with Crippen molar-refractivity contribution in [3.8, 4) is 0 Å². The Balaban J connectivity index is 1.93. The first-order valence-electron chi connectivity index (χ1n) is 5.37. The van der Waals surface area contributed by atoms with Crippen LogP contribution in [0.2, 0.25) is 4.34 Å². The number of anilines is 2. The molecule has 2 rings (SSSR count). The molecule has 7 heteroatoms. The van der Waals surface area contributed by atoms with Gasteiger partial charge in [-0.1, -0.05) is 11.6 Å². The summed E-state index contributed by atoms with van der Waals surface area (Å²) in [7, 11) is 1.69. The summed E-state index contributed by atoms with van der Waals surface area (Å²) in [6.45, 7) is 0.591. The summed E-state index contributed by atoms with van der Waals surface area (Å²) in [5, 5.41) is 5.70. The van der Waals surface area contributed by atoms with Crippen molar-refractivity contribution in [2.24, 2.45) is 0 Å². The minimum Gasteiger partial charge on any atom is -0.367 e. The van der Waals surface area contributed by atoms with Gasteiger partial charge in [-0.2, -0.15) is 4.98 Å². The van der Waals surface area contributed by atoms with Crippen LogP contribution in [0.4, 0.5) is 16.2 Å². The Morgan fingerprint density at radius 1 is 1.44 bits per heavy atom. The van der Waals surface area contributed by atoms with Crippen LogP contribution in [0.5, 0.6) is 0 Å². The molecule has 0 atom stereocenters. The molecule has 18 heavy (non-hydrogen) atoms. The van der Waals surface area contributed by atoms with Gasteiger partial charge >= 0.3 is 0 Å². The smallest absolute Gasteiger partial charge is 0.224 e. The number of thiophene rings is 1. The molecule has 0 unspecified atom stereocenters. The van der Waals surface area contributed by atoms with Crippen LogP contribution < -0.4 is 10.6 Å². The van der Waals surface area contributed by atoms with E-state index in [-0.39, 0.29) is 5.82 Å². The molecule has 0 spiro atoms. The second kappa shape index (κ2) is 5.97. The monoisotopic (exact) mass is 286 g/mol. The maximum Gasteiger partial charge on any atom is 0.224 e. The largest absolute Gasteiger partial charge is 0.367 e. The summed E-state index contributed by atoms with van der Waals surface area (Å²) in [6.07, 6.45) is 1.92. The molecular weight excluding hydrogens is 275 g/mol. The Labute approximate surface area is 113 Å². The lowest BCUT2D eigenvalue weighted by Gasteiger charge is -2.07. The predicted octanol–water partition coefficient (Wildman–Crippen LogP) is 3.03. The van der Waals surface area contributed by atoms with Crippen molar-refractivity contribution < 1.29 is 4.39 Å². The number of hydrogen-bond donors (Lipinski definition) is 2. The second-order valence-corrected chi connectivity index (χ2v) is 5.32. The van der Waals surface area contributed by atoms with E-state index in [1.807, 2.05) is 12.1 Å². The lowest BCUT2D eigenvalue weighted by atomic mass is 10.3. The molecule has 0 aromatic carbocycles. The van der Waals surface area contributed by atoms with Crippen molar-refractivity contribution >= 4 is 34.7 Å². The number of aromatic nitrogens is 2. The minimum absolute atomic E-state index is 0.206. The second-order valence-electron chi connectivity index (χ2n) is 3.52. The average Bonchev–Trinajstić information content (AvgIpc) is 2.77. The van der Waals surface area contributed by atoms with Crippen LogP contribution in [0.15, 0.2) is 18.3 Å². The molecule has 0 amide bonds. The van der Waals surface area contributed by atoms with Crippen LogP contribution >= 0.6 is 22.9 Å². The van der Waals surface area contributed by atoms with Gasteiger partial charge in [0.05, 0.1) is 10.5 Å². The van der Waals surface area contributed by atoms with Gasteiger partial charge in [0.1, 0.15) is 0 Å². The number of hydrogen-bond acceptors (Lipinski definition) is 5. The Hall–Kier alpha value is -1.40. The zero-order chi connectivity index (χ0) is 13.0. The van der Waals surface area contributed by atoms with Crippen molar-refractivity contribution in [3.63, 3.8) is 0 Å². The van der Waals surface area contributed by atoms with Crippen molar-refractivity contribution in [3.05, 3.63) is 33.4 Å². The van der Waals surface area contributed by atoms with Gasteiger partial charge < -0.3 is 10.6 Å². The van der Waals surface area contributed by atoms with Gasteiger partial charge in [-0.05, 0) is 18.6 Å². The van der Waals surface area contributed by atoms with E-state index in [0.717, 1.165) is 21.8 Å². The van der Waals surface area contributed by atoms with Gasteiger partial charge in [-0.25, -0.2) is 9.37 Å². The topological polar surface area (TPSA) is 49.8 Å². The molecule has 0 aliphatic carbocycles. The summed E-state index contributed by atoms with van der Waals surface area (Å²) in [4.78, 5) is 8.92. The molecule has 2 aromatic rings. The zero-order valence-electron chi connectivity index (χ0n) is 9.70. The third-order valence-electron chi connectivity index (χ3n) is 2.26. The maximum atomic E-state index is 13.4. The van der Waals surface area contributed by atoms with E-state index in [4.69, 9.17) is 11.6 Å². The van der Waals surface area contributed by atoms with E-state index in [1.54, 1.807) is 7.05 Å². The molecule has 2 heterocycles. The molecule has 2 aromatic heterocycles. The Morgan fingerprint density at radius 3 is 2.94 bits per heavy atom. The predicted molar refractivity (Wildman–Crippen MR) is 73.1 cm³/mol. The molecule has 0 fully saturated rings. The molecule has 96 valence electrons. The molecule has 0 bridgehead atoms. The third kappa shape index (κ3) is 3.30. The van der Waals surface area contributed by atoms with Gasteiger partial charge in [0.15, 0.2) is 11.6 Å². The van der Waals surface area contributed by atoms with Gasteiger partial charge in [0, 0.05) is 18.5 Å². The first-order valence-corrected chi connectivity index (χ1v) is 6.57. The highest BCUT2D eigenvalue weighted by molar-refractivity contribution is 7.16. The number of nitrogens with one attached hydrogen (secondary N) is 2. The van der Waals surface area contributed by atoms with E-state index in [9.17, 15) is 4.39 Å². The summed E-state index contributed by atoms with van der Waals surface area (Å²) >= 11 is 7.35. The van der Waals surface area contributed by atoms with Crippen LogP contribution in [-0.4, -0.2) is 23.6 Å². The Bertz CT molecular complexity index is 532. The molecule has 0 aliphatic rings. The number of halogens is 2. The fourth-order valence-corrected chi connectivity index (χ4v) is 2.49. The SMILES string of the molecule is CNc1ncc(F)c(NCCc2ccc(Cl)s2)n1. The molecule has 2 N–H and O–H groups in total. The van der Waals surface area contributed by atoms with Crippen molar-refractivity contribution in [1.29, 1.82) is 0 Å². The third-order valence-corrected chi connectivity index (χ3v) is 3.55. The summed E-state index contributed by atoms with van der Waals surface area (Å²) in [5.41, 5.74) is 0. The van der Waals surface area contributed by atoms with Crippen LogP contribution in [0, 0.1) is 5.82 Å². The molecule has 0 radical (unpaired) electrons. The fraction of sp³-hybridized carbons (Fsp3) is 0.273. The highest BCUT2D eigenvalue weighted by atomic mass is 35.5. The van der Waals surface area contributed by atoms with Crippen LogP contribution in [0.1, 0.15) is 4.88 Å². The van der Waals surface area contributed by atoms with E-state index in [0.29, 0.717) is 12.5 Å². The molecule has 0 saturated heterocycles. The first-order chi connectivity index (χ1) is 8.69. The highest BCUT2D eigenvalue weighted by Gasteiger charge is 2.06. The standard InChI is InChI=1S/C11H12ClFN4S/c1-14-11-16-6-8(13)10(17-11)15-5-4-7-2-3-9(12)18-7/h2-3,6H,4-5H2,1H3,(H2,14,15,16,17). The lowest BCUT2D eigenvalue weighted by Crippen LogP contribution is -2.09. The minimum atomic E-state index is -0.460. The van der Waals surface area contributed by atoms with Crippen LogP contribution in [0.25, 0.3) is 0 Å². The van der Waals surface area contributed by atoms with E-state index >= 15 is 0 Å². The van der Waals surface area contributed by atoms with Crippen molar-refractivity contribution in [1.82, 2.24) is 9.97 Å². The normalized spacial score (nSPS) is 10.4. The summed E-state index contributed by atoms with van der Waals surface area (Å²) in [5.74, 6) is 0.133. The molecule has 0 aliphatic heterocycles. The van der Waals surface area contributed by atoms with Crippen molar-refractivity contribution in [2.45, 2.75) is 6.42 Å². The van der Waals surface area contributed by atoms with Gasteiger partial charge in [0.25, 0.3) is 0 Å². The zero-order valence-corrected chi connectivity index (χ0v) is 11.3. The van der Waals surface area contributed by atoms with Crippen LogP contribution in [-0.2, 0) is 6.42 Å². The Morgan fingerprint density at radius 2 is 2.28 bits per heavy atom. The van der Waals surface area contributed by atoms with Gasteiger partial charge in [0.2, 0.25) is 5.95 Å². The highest BCUT2D eigenvalue weighted by Crippen LogP contribution is 2.21. The maximum absolute atomic E-state index is 13.4. The first kappa shape index (κ1) is 13.0. The van der Waals surface area contributed by atoms with Crippen molar-refractivity contribution in [2.75, 3.05) is 24.2 Å². The lowest BCUT2D eigenvalue weighted by molar-refractivity contribution is 0.617. The average molecular weight is 287 g/mol.